The fourth-order valence-electron chi connectivity index (χ4n) is 0.172. The minimum Gasteiger partial charge on any atom is -0.785 e. The van der Waals surface area contributed by atoms with E-state index in [1.807, 2.05) is 0 Å². The second kappa shape index (κ2) is 3.64. The van der Waals surface area contributed by atoms with Crippen LogP contribution >= 0.6 is 0 Å². The molecule has 0 aromatic carbocycles. The standard InChI is InChI=1S/C4H8NO2/c1-3-7-4(2)5-6/h3-5H,1H2,2H3/q-1. The topological polar surface area (TPSA) is 44.3 Å². The first-order valence-electron chi connectivity index (χ1n) is 1.95. The minimum absolute atomic E-state index is 0.475. The molecule has 1 unspecified atom stereocenters. The predicted molar refractivity (Wildman–Crippen MR) is 27.2 cm³/mol. The Labute approximate surface area is 42.6 Å². The summed E-state index contributed by atoms with van der Waals surface area (Å²) in [4.78, 5) is 0. The molecule has 3 nitrogen and oxygen atoms in total. The molecule has 0 radical (unpaired) electrons. The highest BCUT2D eigenvalue weighted by molar-refractivity contribution is 4.54. The van der Waals surface area contributed by atoms with E-state index in [1.165, 1.54) is 6.26 Å². The van der Waals surface area contributed by atoms with Crippen LogP contribution in [0.1, 0.15) is 6.92 Å². The summed E-state index contributed by atoms with van der Waals surface area (Å²) in [5, 5.41) is 9.60. The average molecular weight is 102 g/mol. The van der Waals surface area contributed by atoms with E-state index in [-0.39, 0.29) is 0 Å². The van der Waals surface area contributed by atoms with Crippen molar-refractivity contribution in [3.8, 4) is 0 Å². The van der Waals surface area contributed by atoms with Crippen molar-refractivity contribution in [2.45, 2.75) is 13.2 Å². The molecule has 7 heavy (non-hydrogen) atoms. The number of hydrogen-bond acceptors (Lipinski definition) is 3. The SMILES string of the molecule is C=COC(C)N[O-]. The summed E-state index contributed by atoms with van der Waals surface area (Å²) in [5.41, 5.74) is 1.62. The third-order valence-electron chi connectivity index (χ3n) is 0.466. The Bertz CT molecular complexity index is 55.7. The summed E-state index contributed by atoms with van der Waals surface area (Å²) >= 11 is 0. The van der Waals surface area contributed by atoms with Crippen LogP contribution < -0.4 is 5.48 Å². The number of hydrogen-bond donors (Lipinski definition) is 1. The number of hydroxylamine groups is 1. The Balaban J connectivity index is 2.98. The molecule has 0 aliphatic heterocycles. The summed E-state index contributed by atoms with van der Waals surface area (Å²) in [6, 6.07) is 0. The molecule has 0 rings (SSSR count). The van der Waals surface area contributed by atoms with Crippen molar-refractivity contribution in [3.63, 3.8) is 0 Å². The van der Waals surface area contributed by atoms with Crippen LogP contribution in [-0.4, -0.2) is 6.23 Å². The van der Waals surface area contributed by atoms with Crippen LogP contribution in [0.3, 0.4) is 0 Å². The Morgan fingerprint density at radius 2 is 2.57 bits per heavy atom. The van der Waals surface area contributed by atoms with Gasteiger partial charge in [-0.25, -0.2) is 0 Å². The van der Waals surface area contributed by atoms with Crippen LogP contribution in [0.4, 0.5) is 0 Å². The Morgan fingerprint density at radius 1 is 2.00 bits per heavy atom. The lowest BCUT2D eigenvalue weighted by molar-refractivity contribution is 0.144. The minimum atomic E-state index is -0.475. The van der Waals surface area contributed by atoms with Gasteiger partial charge in [0.15, 0.2) is 0 Å². The van der Waals surface area contributed by atoms with Gasteiger partial charge in [-0.05, 0) is 6.92 Å². The molecule has 0 saturated carbocycles. The lowest BCUT2D eigenvalue weighted by Crippen LogP contribution is -2.20. The van der Waals surface area contributed by atoms with E-state index in [4.69, 9.17) is 0 Å². The van der Waals surface area contributed by atoms with Gasteiger partial charge in [-0.15, -0.1) is 0 Å². The van der Waals surface area contributed by atoms with Gasteiger partial charge < -0.3 is 15.4 Å². The van der Waals surface area contributed by atoms with E-state index in [2.05, 4.69) is 11.3 Å². The maximum Gasteiger partial charge on any atom is 0.135 e. The molecule has 0 amide bonds. The molecule has 0 aromatic heterocycles. The Kier molecular flexibility index (Phi) is 3.36. The average Bonchev–Trinajstić information content (AvgIpc) is 1.68. The zero-order valence-corrected chi connectivity index (χ0v) is 4.18. The van der Waals surface area contributed by atoms with E-state index in [0.29, 0.717) is 0 Å². The molecular formula is C4H8NO2-. The molecule has 0 bridgehead atoms. The lowest BCUT2D eigenvalue weighted by atomic mass is 10.7. The Hall–Kier alpha value is -0.540. The molecule has 42 valence electrons. The van der Waals surface area contributed by atoms with Crippen molar-refractivity contribution in [1.82, 2.24) is 5.48 Å². The van der Waals surface area contributed by atoms with Gasteiger partial charge in [0.1, 0.15) is 6.23 Å². The van der Waals surface area contributed by atoms with Crippen molar-refractivity contribution in [2.75, 3.05) is 0 Å². The van der Waals surface area contributed by atoms with E-state index in [1.54, 1.807) is 12.4 Å². The van der Waals surface area contributed by atoms with Gasteiger partial charge in [0.05, 0.1) is 6.26 Å². The van der Waals surface area contributed by atoms with Crippen LogP contribution in [0, 0.1) is 5.21 Å². The molecule has 1 N–H and O–H groups in total. The third-order valence-corrected chi connectivity index (χ3v) is 0.466. The first-order valence-corrected chi connectivity index (χ1v) is 1.95. The van der Waals surface area contributed by atoms with Crippen LogP contribution in [0.15, 0.2) is 12.8 Å². The molecule has 0 saturated heterocycles. The van der Waals surface area contributed by atoms with E-state index in [0.717, 1.165) is 0 Å². The van der Waals surface area contributed by atoms with Crippen LogP contribution in [0.2, 0.25) is 0 Å². The van der Waals surface area contributed by atoms with Crippen molar-refractivity contribution >= 4 is 0 Å². The largest absolute Gasteiger partial charge is 0.785 e. The fraction of sp³-hybridized carbons (Fsp3) is 0.500. The second-order valence-electron chi connectivity index (χ2n) is 1.06. The smallest absolute Gasteiger partial charge is 0.135 e. The highest BCUT2D eigenvalue weighted by atomic mass is 16.6. The van der Waals surface area contributed by atoms with Crippen molar-refractivity contribution in [2.24, 2.45) is 0 Å². The molecule has 0 aliphatic rings. The summed E-state index contributed by atoms with van der Waals surface area (Å²) in [5.74, 6) is 0. The maximum absolute atomic E-state index is 9.60. The van der Waals surface area contributed by atoms with Crippen molar-refractivity contribution < 1.29 is 4.74 Å². The molecule has 0 spiro atoms. The summed E-state index contributed by atoms with van der Waals surface area (Å²) in [7, 11) is 0. The molecule has 0 fully saturated rings. The van der Waals surface area contributed by atoms with E-state index < -0.39 is 6.23 Å². The molecular weight excluding hydrogens is 94.0 g/mol. The van der Waals surface area contributed by atoms with E-state index >= 15 is 0 Å². The quantitative estimate of drug-likeness (QED) is 0.322. The summed E-state index contributed by atoms with van der Waals surface area (Å²) in [6.45, 7) is 4.84. The van der Waals surface area contributed by atoms with Gasteiger partial charge in [0, 0.05) is 0 Å². The zero-order valence-electron chi connectivity index (χ0n) is 4.18. The van der Waals surface area contributed by atoms with Crippen LogP contribution in [0.5, 0.6) is 0 Å². The second-order valence-corrected chi connectivity index (χ2v) is 1.06. The van der Waals surface area contributed by atoms with Gasteiger partial charge in [-0.3, -0.25) is 0 Å². The predicted octanol–water partition coefficient (Wildman–Crippen LogP) is 0.580. The van der Waals surface area contributed by atoms with Crippen LogP contribution in [-0.2, 0) is 4.74 Å². The van der Waals surface area contributed by atoms with E-state index in [9.17, 15) is 5.21 Å². The normalized spacial score (nSPS) is 12.9. The number of ether oxygens (including phenoxy) is 1. The van der Waals surface area contributed by atoms with Crippen molar-refractivity contribution in [1.29, 1.82) is 0 Å². The monoisotopic (exact) mass is 102 g/mol. The molecule has 1 atom stereocenters. The molecule has 0 aliphatic carbocycles. The molecule has 0 heterocycles. The lowest BCUT2D eigenvalue weighted by Gasteiger charge is -2.15. The first-order chi connectivity index (χ1) is 3.31. The Morgan fingerprint density at radius 3 is 2.71 bits per heavy atom. The highest BCUT2D eigenvalue weighted by Crippen LogP contribution is 1.80. The van der Waals surface area contributed by atoms with Gasteiger partial charge in [0.25, 0.3) is 0 Å². The molecule has 3 heteroatoms. The molecule has 0 aromatic rings. The van der Waals surface area contributed by atoms with Gasteiger partial charge in [0.2, 0.25) is 0 Å². The van der Waals surface area contributed by atoms with Gasteiger partial charge in [-0.2, -0.15) is 0 Å². The van der Waals surface area contributed by atoms with Crippen LogP contribution in [0.25, 0.3) is 0 Å². The number of rotatable bonds is 3. The summed E-state index contributed by atoms with van der Waals surface area (Å²) in [6.07, 6.45) is 0.743. The van der Waals surface area contributed by atoms with Crippen molar-refractivity contribution in [3.05, 3.63) is 18.0 Å². The third kappa shape index (κ3) is 3.29. The number of nitrogens with one attached hydrogen (secondary N) is 1. The van der Waals surface area contributed by atoms with Gasteiger partial charge in [-0.1, -0.05) is 6.58 Å². The zero-order chi connectivity index (χ0) is 5.70. The summed E-state index contributed by atoms with van der Waals surface area (Å²) < 4.78 is 4.53. The maximum atomic E-state index is 9.60. The highest BCUT2D eigenvalue weighted by Gasteiger charge is 1.84. The first kappa shape index (κ1) is 6.46. The van der Waals surface area contributed by atoms with Gasteiger partial charge >= 0.3 is 0 Å². The fourth-order valence-corrected chi connectivity index (χ4v) is 0.172.